The quantitative estimate of drug-likeness (QED) is 0.905. The molecule has 4 rings (SSSR count). The van der Waals surface area contributed by atoms with Crippen molar-refractivity contribution in [3.05, 3.63) is 48.0 Å². The van der Waals surface area contributed by atoms with Crippen molar-refractivity contribution in [1.82, 2.24) is 10.2 Å². The molecule has 5 heteroatoms. The largest absolute Gasteiger partial charge is 0.376 e. The molecule has 2 aromatic carbocycles. The van der Waals surface area contributed by atoms with Crippen LogP contribution in [-0.4, -0.2) is 49.1 Å². The highest BCUT2D eigenvalue weighted by molar-refractivity contribution is 6.07. The van der Waals surface area contributed by atoms with Crippen LogP contribution in [0.5, 0.6) is 0 Å². The van der Waals surface area contributed by atoms with Crippen LogP contribution in [-0.2, 0) is 9.53 Å². The molecule has 0 aliphatic carbocycles. The third-order valence-electron chi connectivity index (χ3n) is 5.70. The van der Waals surface area contributed by atoms with Crippen molar-refractivity contribution in [2.45, 2.75) is 31.8 Å². The summed E-state index contributed by atoms with van der Waals surface area (Å²) in [6.07, 6.45) is 3.71. The van der Waals surface area contributed by atoms with E-state index in [0.717, 1.165) is 35.8 Å². The van der Waals surface area contributed by atoms with E-state index in [9.17, 15) is 9.59 Å². The molecule has 0 saturated carbocycles. The molecule has 0 spiro atoms. The van der Waals surface area contributed by atoms with Crippen LogP contribution in [0, 0.1) is 5.92 Å². The molecule has 1 N–H and O–H groups in total. The Morgan fingerprint density at radius 2 is 1.81 bits per heavy atom. The Hall–Kier alpha value is -2.40. The highest BCUT2D eigenvalue weighted by atomic mass is 16.5. The summed E-state index contributed by atoms with van der Waals surface area (Å²) in [6, 6.07) is 13.8. The maximum Gasteiger partial charge on any atom is 0.254 e. The highest BCUT2D eigenvalue weighted by Gasteiger charge is 2.29. The number of rotatable bonds is 4. The van der Waals surface area contributed by atoms with Gasteiger partial charge in [0.25, 0.3) is 5.91 Å². The van der Waals surface area contributed by atoms with Gasteiger partial charge in [-0.15, -0.1) is 0 Å². The lowest BCUT2D eigenvalue weighted by Gasteiger charge is -2.31. The molecular weight excluding hydrogens is 340 g/mol. The zero-order valence-electron chi connectivity index (χ0n) is 15.5. The number of benzene rings is 2. The van der Waals surface area contributed by atoms with Crippen molar-refractivity contribution in [2.75, 3.05) is 26.2 Å². The summed E-state index contributed by atoms with van der Waals surface area (Å²) in [5.74, 6) is 0.149. The smallest absolute Gasteiger partial charge is 0.254 e. The van der Waals surface area contributed by atoms with E-state index in [0.29, 0.717) is 32.5 Å². The third-order valence-corrected chi connectivity index (χ3v) is 5.70. The van der Waals surface area contributed by atoms with Gasteiger partial charge in [0.1, 0.15) is 0 Å². The number of carbonyl (C=O) groups is 2. The standard InChI is InChI=1S/C22H26N2O3/c25-21(23-15-18-7-4-14-27-18)17-10-12-24(13-11-17)22(26)20-9-3-6-16-5-1-2-8-19(16)20/h1-3,5-6,8-9,17-18H,4,7,10-15H2,(H,23,25)/t18-/m0/s1. The Morgan fingerprint density at radius 1 is 1.04 bits per heavy atom. The third kappa shape index (κ3) is 3.98. The summed E-state index contributed by atoms with van der Waals surface area (Å²) >= 11 is 0. The van der Waals surface area contributed by atoms with Gasteiger partial charge in [0.15, 0.2) is 0 Å². The summed E-state index contributed by atoms with van der Waals surface area (Å²) in [7, 11) is 0. The minimum absolute atomic E-state index is 0.0111. The second-order valence-electron chi connectivity index (χ2n) is 7.47. The van der Waals surface area contributed by atoms with Crippen LogP contribution in [0.2, 0.25) is 0 Å². The Labute approximate surface area is 159 Å². The molecule has 0 bridgehead atoms. The lowest BCUT2D eigenvalue weighted by Crippen LogP contribution is -2.44. The summed E-state index contributed by atoms with van der Waals surface area (Å²) in [6.45, 7) is 2.66. The molecule has 5 nitrogen and oxygen atoms in total. The molecule has 0 unspecified atom stereocenters. The first-order chi connectivity index (χ1) is 13.2. The van der Waals surface area contributed by atoms with Crippen LogP contribution in [0.3, 0.4) is 0 Å². The molecular formula is C22H26N2O3. The monoisotopic (exact) mass is 366 g/mol. The fourth-order valence-electron chi connectivity index (χ4n) is 4.09. The van der Waals surface area contributed by atoms with Crippen molar-refractivity contribution in [2.24, 2.45) is 5.92 Å². The van der Waals surface area contributed by atoms with E-state index in [1.165, 1.54) is 0 Å². The molecule has 0 aromatic heterocycles. The number of hydrogen-bond donors (Lipinski definition) is 1. The molecule has 2 heterocycles. The van der Waals surface area contributed by atoms with Crippen molar-refractivity contribution in [1.29, 1.82) is 0 Å². The molecule has 2 aliphatic heterocycles. The minimum Gasteiger partial charge on any atom is -0.376 e. The van der Waals surface area contributed by atoms with Crippen molar-refractivity contribution < 1.29 is 14.3 Å². The molecule has 2 saturated heterocycles. The predicted molar refractivity (Wildman–Crippen MR) is 105 cm³/mol. The van der Waals surface area contributed by atoms with E-state index < -0.39 is 0 Å². The van der Waals surface area contributed by atoms with Gasteiger partial charge in [0, 0.05) is 37.7 Å². The number of ether oxygens (including phenoxy) is 1. The molecule has 2 aliphatic rings. The van der Waals surface area contributed by atoms with E-state index >= 15 is 0 Å². The van der Waals surface area contributed by atoms with Gasteiger partial charge in [-0.3, -0.25) is 9.59 Å². The van der Waals surface area contributed by atoms with E-state index in [1.54, 1.807) is 0 Å². The zero-order chi connectivity index (χ0) is 18.6. The predicted octanol–water partition coefficient (Wildman–Crippen LogP) is 2.99. The van der Waals surface area contributed by atoms with Crippen LogP contribution in [0.4, 0.5) is 0 Å². The fourth-order valence-corrected chi connectivity index (χ4v) is 4.09. The number of nitrogens with one attached hydrogen (secondary N) is 1. The Bertz CT molecular complexity index is 816. The van der Waals surface area contributed by atoms with E-state index in [-0.39, 0.29) is 23.8 Å². The molecule has 142 valence electrons. The number of fused-ring (bicyclic) bond motifs is 1. The summed E-state index contributed by atoms with van der Waals surface area (Å²) in [5, 5.41) is 5.09. The minimum atomic E-state index is -0.0111. The normalized spacial score (nSPS) is 20.7. The van der Waals surface area contributed by atoms with Crippen LogP contribution < -0.4 is 5.32 Å². The van der Waals surface area contributed by atoms with Crippen LogP contribution in [0.25, 0.3) is 10.8 Å². The molecule has 1 atom stereocenters. The lowest BCUT2D eigenvalue weighted by atomic mass is 9.94. The average molecular weight is 366 g/mol. The van der Waals surface area contributed by atoms with Crippen molar-refractivity contribution >= 4 is 22.6 Å². The topological polar surface area (TPSA) is 58.6 Å². The van der Waals surface area contributed by atoms with Gasteiger partial charge in [0.2, 0.25) is 5.91 Å². The van der Waals surface area contributed by atoms with Gasteiger partial charge in [-0.1, -0.05) is 36.4 Å². The van der Waals surface area contributed by atoms with Crippen molar-refractivity contribution in [3.63, 3.8) is 0 Å². The number of carbonyl (C=O) groups excluding carboxylic acids is 2. The summed E-state index contributed by atoms with van der Waals surface area (Å²) < 4.78 is 5.56. The second kappa shape index (κ2) is 8.09. The molecule has 2 amide bonds. The molecule has 2 fully saturated rings. The average Bonchev–Trinajstić information content (AvgIpc) is 3.25. The van der Waals surface area contributed by atoms with Gasteiger partial charge < -0.3 is 15.0 Å². The maximum absolute atomic E-state index is 13.0. The van der Waals surface area contributed by atoms with E-state index in [2.05, 4.69) is 5.32 Å². The Balaban J connectivity index is 1.34. The second-order valence-corrected chi connectivity index (χ2v) is 7.47. The van der Waals surface area contributed by atoms with E-state index in [4.69, 9.17) is 4.74 Å². The fraction of sp³-hybridized carbons (Fsp3) is 0.455. The van der Waals surface area contributed by atoms with E-state index in [1.807, 2.05) is 47.4 Å². The SMILES string of the molecule is O=C(NC[C@@H]1CCCO1)C1CCN(C(=O)c2cccc3ccccc23)CC1. The molecule has 0 radical (unpaired) electrons. The van der Waals surface area contributed by atoms with Gasteiger partial charge in [-0.25, -0.2) is 0 Å². The first kappa shape index (κ1) is 18.0. The maximum atomic E-state index is 13.0. The Kier molecular flexibility index (Phi) is 5.39. The summed E-state index contributed by atoms with van der Waals surface area (Å²) in [5.41, 5.74) is 0.745. The number of amides is 2. The number of piperidine rings is 1. The first-order valence-electron chi connectivity index (χ1n) is 9.89. The van der Waals surface area contributed by atoms with Crippen LogP contribution in [0.1, 0.15) is 36.0 Å². The number of hydrogen-bond acceptors (Lipinski definition) is 3. The molecule has 27 heavy (non-hydrogen) atoms. The number of nitrogens with zero attached hydrogens (tertiary/aromatic N) is 1. The summed E-state index contributed by atoms with van der Waals surface area (Å²) in [4.78, 5) is 27.3. The lowest BCUT2D eigenvalue weighted by molar-refractivity contribution is -0.126. The van der Waals surface area contributed by atoms with Crippen LogP contribution in [0.15, 0.2) is 42.5 Å². The van der Waals surface area contributed by atoms with Gasteiger partial charge in [-0.05, 0) is 42.5 Å². The van der Waals surface area contributed by atoms with Gasteiger partial charge in [-0.2, -0.15) is 0 Å². The highest BCUT2D eigenvalue weighted by Crippen LogP contribution is 2.24. The zero-order valence-corrected chi connectivity index (χ0v) is 15.5. The number of likely N-dealkylation sites (tertiary alicyclic amines) is 1. The van der Waals surface area contributed by atoms with Gasteiger partial charge >= 0.3 is 0 Å². The Morgan fingerprint density at radius 3 is 2.59 bits per heavy atom. The van der Waals surface area contributed by atoms with Crippen LogP contribution >= 0.6 is 0 Å². The van der Waals surface area contributed by atoms with Crippen molar-refractivity contribution in [3.8, 4) is 0 Å². The van der Waals surface area contributed by atoms with Gasteiger partial charge in [0.05, 0.1) is 6.10 Å². The molecule has 2 aromatic rings. The first-order valence-corrected chi connectivity index (χ1v) is 9.89.